The molecule has 0 saturated heterocycles. The van der Waals surface area contributed by atoms with Gasteiger partial charge in [0.05, 0.1) is 0 Å². The summed E-state index contributed by atoms with van der Waals surface area (Å²) >= 11 is 5.00. The van der Waals surface area contributed by atoms with Gasteiger partial charge in [0.25, 0.3) is 0 Å². The van der Waals surface area contributed by atoms with Crippen LogP contribution in [-0.2, 0) is 0 Å². The van der Waals surface area contributed by atoms with Crippen LogP contribution in [0.2, 0.25) is 0 Å². The minimum absolute atomic E-state index is 0.853. The van der Waals surface area contributed by atoms with Gasteiger partial charge in [-0.3, -0.25) is 0 Å². The van der Waals surface area contributed by atoms with Crippen molar-refractivity contribution in [3.63, 3.8) is 0 Å². The van der Waals surface area contributed by atoms with Gasteiger partial charge < -0.3 is 5.32 Å². The van der Waals surface area contributed by atoms with E-state index in [0.717, 1.165) is 22.2 Å². The number of rotatable bonds is 8. The number of nitrogens with one attached hydrogen (secondary N) is 1. The molecule has 16 heavy (non-hydrogen) atoms. The third-order valence-electron chi connectivity index (χ3n) is 2.46. The van der Waals surface area contributed by atoms with E-state index in [1.165, 1.54) is 32.1 Å². The van der Waals surface area contributed by atoms with Crippen molar-refractivity contribution < 1.29 is 0 Å². The van der Waals surface area contributed by atoms with E-state index in [1.807, 2.05) is 5.38 Å². The Hall–Kier alpha value is -0.0900. The maximum absolute atomic E-state index is 4.29. The van der Waals surface area contributed by atoms with Crippen molar-refractivity contribution in [3.8, 4) is 0 Å². The molecule has 0 aliphatic rings. The Morgan fingerprint density at radius 1 is 1.31 bits per heavy atom. The number of hydrogen-bond donors (Lipinski definition) is 1. The second-order valence-electron chi connectivity index (χ2n) is 4.50. The molecule has 0 aliphatic carbocycles. The summed E-state index contributed by atoms with van der Waals surface area (Å²) in [5, 5.41) is 6.37. The van der Waals surface area contributed by atoms with Crippen molar-refractivity contribution in [2.24, 2.45) is 5.92 Å². The molecule has 0 unspecified atom stereocenters. The zero-order chi connectivity index (χ0) is 11.8. The van der Waals surface area contributed by atoms with Crippen LogP contribution in [0.3, 0.4) is 0 Å². The molecule has 0 radical (unpaired) electrons. The molecular weight excluding hydrogens is 284 g/mol. The zero-order valence-electron chi connectivity index (χ0n) is 10.1. The van der Waals surface area contributed by atoms with Gasteiger partial charge in [-0.1, -0.05) is 39.5 Å². The SMILES string of the molecule is CC(C)CCCCCCNc1nc(Br)cs1. The molecule has 1 aromatic rings. The second-order valence-corrected chi connectivity index (χ2v) is 6.17. The summed E-state index contributed by atoms with van der Waals surface area (Å²) in [7, 11) is 0. The number of halogens is 1. The van der Waals surface area contributed by atoms with Gasteiger partial charge in [0.15, 0.2) is 5.13 Å². The average molecular weight is 305 g/mol. The highest BCUT2D eigenvalue weighted by Crippen LogP contribution is 2.19. The lowest BCUT2D eigenvalue weighted by Crippen LogP contribution is -2.00. The fraction of sp³-hybridized carbons (Fsp3) is 0.750. The molecule has 1 aromatic heterocycles. The van der Waals surface area contributed by atoms with Crippen LogP contribution in [0.25, 0.3) is 0 Å². The van der Waals surface area contributed by atoms with Gasteiger partial charge >= 0.3 is 0 Å². The Morgan fingerprint density at radius 3 is 2.69 bits per heavy atom. The summed E-state index contributed by atoms with van der Waals surface area (Å²) in [5.41, 5.74) is 0. The van der Waals surface area contributed by atoms with Gasteiger partial charge in [-0.25, -0.2) is 4.98 Å². The fourth-order valence-corrected chi connectivity index (χ4v) is 2.73. The molecule has 0 saturated carbocycles. The van der Waals surface area contributed by atoms with Gasteiger partial charge in [-0.15, -0.1) is 11.3 Å². The summed E-state index contributed by atoms with van der Waals surface area (Å²) < 4.78 is 0.928. The Labute approximate surface area is 111 Å². The monoisotopic (exact) mass is 304 g/mol. The molecule has 0 aromatic carbocycles. The van der Waals surface area contributed by atoms with E-state index in [4.69, 9.17) is 0 Å². The summed E-state index contributed by atoms with van der Waals surface area (Å²) in [6, 6.07) is 0. The van der Waals surface area contributed by atoms with Gasteiger partial charge in [-0.05, 0) is 28.3 Å². The van der Waals surface area contributed by atoms with Crippen LogP contribution in [0.1, 0.15) is 46.0 Å². The lowest BCUT2D eigenvalue weighted by atomic mass is 10.0. The third-order valence-corrected chi connectivity index (χ3v) is 3.97. The first-order chi connectivity index (χ1) is 7.68. The topological polar surface area (TPSA) is 24.9 Å². The predicted octanol–water partition coefficient (Wildman–Crippen LogP) is 4.92. The van der Waals surface area contributed by atoms with Crippen molar-refractivity contribution in [1.29, 1.82) is 0 Å². The minimum Gasteiger partial charge on any atom is -0.361 e. The lowest BCUT2D eigenvalue weighted by molar-refractivity contribution is 0.523. The first-order valence-electron chi connectivity index (χ1n) is 6.03. The molecule has 2 nitrogen and oxygen atoms in total. The first-order valence-corrected chi connectivity index (χ1v) is 7.70. The Balaban J connectivity index is 1.92. The Morgan fingerprint density at radius 2 is 2.06 bits per heavy atom. The quantitative estimate of drug-likeness (QED) is 0.689. The van der Waals surface area contributed by atoms with Gasteiger partial charge in [0.2, 0.25) is 0 Å². The standard InChI is InChI=1S/C12H21BrN2S/c1-10(2)7-5-3-4-6-8-14-12-15-11(13)9-16-12/h9-10H,3-8H2,1-2H3,(H,14,15). The molecule has 0 spiro atoms. The first kappa shape index (κ1) is 14.0. The van der Waals surface area contributed by atoms with E-state index in [1.54, 1.807) is 11.3 Å². The Bertz CT molecular complexity index is 286. The van der Waals surface area contributed by atoms with Crippen molar-refractivity contribution >= 4 is 32.4 Å². The molecule has 0 bridgehead atoms. The normalized spacial score (nSPS) is 11.0. The van der Waals surface area contributed by atoms with Crippen LogP contribution in [-0.4, -0.2) is 11.5 Å². The van der Waals surface area contributed by atoms with Crippen LogP contribution in [0.15, 0.2) is 9.98 Å². The van der Waals surface area contributed by atoms with Crippen molar-refractivity contribution in [3.05, 3.63) is 9.98 Å². The minimum atomic E-state index is 0.853. The lowest BCUT2D eigenvalue weighted by Gasteiger charge is -2.04. The number of aromatic nitrogens is 1. The highest BCUT2D eigenvalue weighted by atomic mass is 79.9. The zero-order valence-corrected chi connectivity index (χ0v) is 12.5. The van der Waals surface area contributed by atoms with Gasteiger partial charge in [-0.2, -0.15) is 0 Å². The van der Waals surface area contributed by atoms with E-state index in [2.05, 4.69) is 40.1 Å². The second kappa shape index (κ2) is 8.07. The fourth-order valence-electron chi connectivity index (χ4n) is 1.56. The van der Waals surface area contributed by atoms with Crippen LogP contribution in [0, 0.1) is 5.92 Å². The van der Waals surface area contributed by atoms with Crippen LogP contribution < -0.4 is 5.32 Å². The molecule has 1 heterocycles. The van der Waals surface area contributed by atoms with Crippen molar-refractivity contribution in [1.82, 2.24) is 4.98 Å². The number of hydrogen-bond acceptors (Lipinski definition) is 3. The van der Waals surface area contributed by atoms with E-state index in [-0.39, 0.29) is 0 Å². The van der Waals surface area contributed by atoms with Crippen LogP contribution in [0.4, 0.5) is 5.13 Å². The molecule has 92 valence electrons. The van der Waals surface area contributed by atoms with E-state index in [0.29, 0.717) is 0 Å². The molecule has 4 heteroatoms. The number of thiazole rings is 1. The molecular formula is C12H21BrN2S. The summed E-state index contributed by atoms with van der Waals surface area (Å²) in [4.78, 5) is 4.29. The molecule has 1 rings (SSSR count). The molecule has 0 atom stereocenters. The smallest absolute Gasteiger partial charge is 0.183 e. The maximum Gasteiger partial charge on any atom is 0.183 e. The van der Waals surface area contributed by atoms with Crippen molar-refractivity contribution in [2.45, 2.75) is 46.0 Å². The number of anilines is 1. The third kappa shape index (κ3) is 6.48. The summed E-state index contributed by atoms with van der Waals surface area (Å²) in [6.45, 7) is 5.63. The van der Waals surface area contributed by atoms with Gasteiger partial charge in [0.1, 0.15) is 4.60 Å². The predicted molar refractivity (Wildman–Crippen MR) is 76.2 cm³/mol. The number of unbranched alkanes of at least 4 members (excludes halogenated alkanes) is 3. The highest BCUT2D eigenvalue weighted by molar-refractivity contribution is 9.10. The average Bonchev–Trinajstić information content (AvgIpc) is 2.62. The van der Waals surface area contributed by atoms with E-state index in [9.17, 15) is 0 Å². The largest absolute Gasteiger partial charge is 0.361 e. The van der Waals surface area contributed by atoms with E-state index < -0.39 is 0 Å². The molecule has 0 fully saturated rings. The van der Waals surface area contributed by atoms with Crippen LogP contribution in [0.5, 0.6) is 0 Å². The summed E-state index contributed by atoms with van der Waals surface area (Å²) in [5.74, 6) is 0.853. The maximum atomic E-state index is 4.29. The Kier molecular flexibility index (Phi) is 7.05. The molecule has 0 amide bonds. The van der Waals surface area contributed by atoms with Crippen molar-refractivity contribution in [2.75, 3.05) is 11.9 Å². The highest BCUT2D eigenvalue weighted by Gasteiger charge is 1.98. The van der Waals surface area contributed by atoms with E-state index >= 15 is 0 Å². The number of nitrogens with zero attached hydrogens (tertiary/aromatic N) is 1. The van der Waals surface area contributed by atoms with Gasteiger partial charge in [0, 0.05) is 11.9 Å². The van der Waals surface area contributed by atoms with Crippen LogP contribution >= 0.6 is 27.3 Å². The molecule has 0 aliphatic heterocycles. The molecule has 1 N–H and O–H groups in total. The summed E-state index contributed by atoms with van der Waals surface area (Å²) in [6.07, 6.45) is 6.68.